The molecule has 0 radical (unpaired) electrons. The predicted molar refractivity (Wildman–Crippen MR) is 84.2 cm³/mol. The van der Waals surface area contributed by atoms with E-state index in [0.717, 1.165) is 19.5 Å². The van der Waals surface area contributed by atoms with Gasteiger partial charge in [-0.25, -0.2) is 4.98 Å². The summed E-state index contributed by atoms with van der Waals surface area (Å²) in [7, 11) is 0. The van der Waals surface area contributed by atoms with Gasteiger partial charge in [-0.2, -0.15) is 0 Å². The molecule has 1 fully saturated rings. The molecular formula is C15H24N4O3. The Morgan fingerprint density at radius 3 is 2.77 bits per heavy atom. The molecule has 2 heterocycles. The summed E-state index contributed by atoms with van der Waals surface area (Å²) in [5.41, 5.74) is 1.12. The zero-order chi connectivity index (χ0) is 15.9. The topological polar surface area (TPSA) is 87.3 Å². The third kappa shape index (κ3) is 4.30. The molecule has 1 aliphatic rings. The molecule has 0 saturated carbocycles. The van der Waals surface area contributed by atoms with Crippen LogP contribution in [0.4, 0.5) is 5.95 Å². The van der Waals surface area contributed by atoms with E-state index in [-0.39, 0.29) is 11.5 Å². The van der Waals surface area contributed by atoms with Crippen LogP contribution in [0, 0.1) is 6.92 Å². The van der Waals surface area contributed by atoms with E-state index < -0.39 is 0 Å². The lowest BCUT2D eigenvalue weighted by Crippen LogP contribution is -2.38. The van der Waals surface area contributed by atoms with E-state index in [0.29, 0.717) is 49.8 Å². The third-order valence-electron chi connectivity index (χ3n) is 3.69. The molecule has 2 rings (SSSR count). The number of amides is 1. The highest BCUT2D eigenvalue weighted by Crippen LogP contribution is 2.11. The van der Waals surface area contributed by atoms with E-state index in [1.54, 1.807) is 0 Å². The molecule has 0 aliphatic carbocycles. The van der Waals surface area contributed by atoms with E-state index in [1.807, 2.05) is 18.7 Å². The maximum Gasteiger partial charge on any atom is 0.255 e. The Hall–Kier alpha value is -1.89. The Morgan fingerprint density at radius 2 is 2.14 bits per heavy atom. The van der Waals surface area contributed by atoms with Crippen molar-refractivity contribution in [3.8, 4) is 0 Å². The van der Waals surface area contributed by atoms with Crippen molar-refractivity contribution in [3.05, 3.63) is 21.6 Å². The largest absolute Gasteiger partial charge is 0.378 e. The first kappa shape index (κ1) is 16.5. The number of H-pyrrole nitrogens is 1. The monoisotopic (exact) mass is 308 g/mol. The van der Waals surface area contributed by atoms with Crippen LogP contribution in [-0.4, -0.2) is 48.7 Å². The van der Waals surface area contributed by atoms with E-state index in [9.17, 15) is 9.59 Å². The predicted octanol–water partition coefficient (Wildman–Crippen LogP) is 0.374. The average molecular weight is 308 g/mol. The highest BCUT2D eigenvalue weighted by atomic mass is 16.5. The lowest BCUT2D eigenvalue weighted by molar-refractivity contribution is -0.121. The molecule has 1 aromatic heterocycles. The normalized spacial score (nSPS) is 14.9. The molecule has 0 atom stereocenters. The quantitative estimate of drug-likeness (QED) is 0.793. The highest BCUT2D eigenvalue weighted by molar-refractivity contribution is 5.76. The number of carbonyl (C=O) groups excluding carboxylic acids is 1. The number of hydrogen-bond donors (Lipinski definition) is 2. The third-order valence-corrected chi connectivity index (χ3v) is 3.69. The van der Waals surface area contributed by atoms with Crippen LogP contribution in [0.25, 0.3) is 0 Å². The standard InChI is InChI=1S/C15H24N4O3/c1-3-6-16-13(20)5-4-12-11(2)17-15(18-14(12)21)19-7-9-22-10-8-19/h3-10H2,1-2H3,(H,16,20)(H,17,18,21). The molecule has 0 bridgehead atoms. The van der Waals surface area contributed by atoms with Crippen molar-refractivity contribution in [1.29, 1.82) is 0 Å². The van der Waals surface area contributed by atoms with E-state index in [4.69, 9.17) is 4.74 Å². The molecule has 1 saturated heterocycles. The molecule has 7 nitrogen and oxygen atoms in total. The van der Waals surface area contributed by atoms with Gasteiger partial charge in [0.25, 0.3) is 5.56 Å². The van der Waals surface area contributed by atoms with Gasteiger partial charge >= 0.3 is 0 Å². The van der Waals surface area contributed by atoms with Crippen LogP contribution < -0.4 is 15.8 Å². The summed E-state index contributed by atoms with van der Waals surface area (Å²) in [5, 5.41) is 2.81. The Bertz CT molecular complexity index is 564. The molecule has 2 N–H and O–H groups in total. The fourth-order valence-electron chi connectivity index (χ4n) is 2.41. The summed E-state index contributed by atoms with van der Waals surface area (Å²) >= 11 is 0. The number of hydrogen-bond acceptors (Lipinski definition) is 5. The summed E-state index contributed by atoms with van der Waals surface area (Å²) in [4.78, 5) is 33.2. The van der Waals surface area contributed by atoms with Crippen LogP contribution in [0.5, 0.6) is 0 Å². The highest BCUT2D eigenvalue weighted by Gasteiger charge is 2.16. The summed E-state index contributed by atoms with van der Waals surface area (Å²) < 4.78 is 5.30. The molecule has 1 aliphatic heterocycles. The molecule has 122 valence electrons. The van der Waals surface area contributed by atoms with E-state index >= 15 is 0 Å². The number of carbonyl (C=O) groups is 1. The van der Waals surface area contributed by atoms with Crippen LogP contribution in [-0.2, 0) is 16.0 Å². The fraction of sp³-hybridized carbons (Fsp3) is 0.667. The van der Waals surface area contributed by atoms with Crippen molar-refractivity contribution in [2.75, 3.05) is 37.7 Å². The first-order valence-corrected chi connectivity index (χ1v) is 7.81. The molecule has 0 aromatic carbocycles. The van der Waals surface area contributed by atoms with Crippen molar-refractivity contribution >= 4 is 11.9 Å². The van der Waals surface area contributed by atoms with Gasteiger partial charge in [-0.1, -0.05) is 6.92 Å². The molecule has 0 spiro atoms. The molecule has 7 heteroatoms. The van der Waals surface area contributed by atoms with Crippen LogP contribution in [0.1, 0.15) is 31.0 Å². The van der Waals surface area contributed by atoms with Gasteiger partial charge in [-0.3, -0.25) is 14.6 Å². The first-order chi connectivity index (χ1) is 10.6. The van der Waals surface area contributed by atoms with Crippen LogP contribution in [0.3, 0.4) is 0 Å². The number of aryl methyl sites for hydroxylation is 1. The number of morpholine rings is 1. The second kappa shape index (κ2) is 7.93. The van der Waals surface area contributed by atoms with Gasteiger partial charge in [0, 0.05) is 37.3 Å². The number of aromatic amines is 1. The van der Waals surface area contributed by atoms with Gasteiger partial charge < -0.3 is 15.0 Å². The summed E-state index contributed by atoms with van der Waals surface area (Å²) in [5.74, 6) is 0.558. The molecule has 1 amide bonds. The van der Waals surface area contributed by atoms with Crippen molar-refractivity contribution < 1.29 is 9.53 Å². The Labute approximate surface area is 130 Å². The molecule has 1 aromatic rings. The zero-order valence-electron chi connectivity index (χ0n) is 13.3. The number of ether oxygens (including phenoxy) is 1. The van der Waals surface area contributed by atoms with Crippen molar-refractivity contribution in [2.24, 2.45) is 0 Å². The van der Waals surface area contributed by atoms with E-state index in [2.05, 4.69) is 15.3 Å². The average Bonchev–Trinajstić information content (AvgIpc) is 2.52. The van der Waals surface area contributed by atoms with Gasteiger partial charge in [-0.05, 0) is 19.8 Å². The van der Waals surface area contributed by atoms with Crippen molar-refractivity contribution in [2.45, 2.75) is 33.1 Å². The number of aromatic nitrogens is 2. The van der Waals surface area contributed by atoms with Crippen LogP contribution in [0.2, 0.25) is 0 Å². The lowest BCUT2D eigenvalue weighted by Gasteiger charge is -2.27. The SMILES string of the molecule is CCCNC(=O)CCc1c(C)nc(N2CCOCC2)[nH]c1=O. The first-order valence-electron chi connectivity index (χ1n) is 7.81. The van der Waals surface area contributed by atoms with E-state index in [1.165, 1.54) is 0 Å². The van der Waals surface area contributed by atoms with Gasteiger partial charge in [0.2, 0.25) is 11.9 Å². The van der Waals surface area contributed by atoms with Gasteiger partial charge in [0.15, 0.2) is 0 Å². The summed E-state index contributed by atoms with van der Waals surface area (Å²) in [6.07, 6.45) is 1.62. The van der Waals surface area contributed by atoms with Gasteiger partial charge in [0.05, 0.1) is 13.2 Å². The van der Waals surface area contributed by atoms with Gasteiger partial charge in [0.1, 0.15) is 0 Å². The number of anilines is 1. The van der Waals surface area contributed by atoms with Crippen molar-refractivity contribution in [1.82, 2.24) is 15.3 Å². The fourth-order valence-corrected chi connectivity index (χ4v) is 2.41. The van der Waals surface area contributed by atoms with Crippen LogP contribution >= 0.6 is 0 Å². The number of rotatable bonds is 6. The summed E-state index contributed by atoms with van der Waals surface area (Å²) in [6.45, 7) is 7.22. The maximum absolute atomic E-state index is 12.2. The zero-order valence-corrected chi connectivity index (χ0v) is 13.3. The molecule has 0 unspecified atom stereocenters. The maximum atomic E-state index is 12.2. The molecule has 22 heavy (non-hydrogen) atoms. The number of nitrogens with one attached hydrogen (secondary N) is 2. The molecular weight excluding hydrogens is 284 g/mol. The Morgan fingerprint density at radius 1 is 1.41 bits per heavy atom. The minimum Gasteiger partial charge on any atom is -0.378 e. The second-order valence-corrected chi connectivity index (χ2v) is 5.40. The lowest BCUT2D eigenvalue weighted by atomic mass is 10.1. The van der Waals surface area contributed by atoms with Crippen LogP contribution in [0.15, 0.2) is 4.79 Å². The Balaban J connectivity index is 2.03. The summed E-state index contributed by atoms with van der Waals surface area (Å²) in [6, 6.07) is 0. The minimum absolute atomic E-state index is 0.0297. The minimum atomic E-state index is -0.155. The smallest absolute Gasteiger partial charge is 0.255 e. The Kier molecular flexibility index (Phi) is 5.94. The second-order valence-electron chi connectivity index (χ2n) is 5.40. The van der Waals surface area contributed by atoms with Crippen molar-refractivity contribution in [3.63, 3.8) is 0 Å². The number of nitrogens with zero attached hydrogens (tertiary/aromatic N) is 2. The van der Waals surface area contributed by atoms with Gasteiger partial charge in [-0.15, -0.1) is 0 Å².